The van der Waals surface area contributed by atoms with Crippen LogP contribution in [0, 0.1) is 6.92 Å². The van der Waals surface area contributed by atoms with Crippen molar-refractivity contribution in [2.45, 2.75) is 26.2 Å². The summed E-state index contributed by atoms with van der Waals surface area (Å²) in [5, 5.41) is 0. The molecule has 0 aliphatic carbocycles. The summed E-state index contributed by atoms with van der Waals surface area (Å²) < 4.78 is 0. The van der Waals surface area contributed by atoms with Crippen molar-refractivity contribution < 1.29 is 4.79 Å². The van der Waals surface area contributed by atoms with Crippen LogP contribution in [0.3, 0.4) is 0 Å². The summed E-state index contributed by atoms with van der Waals surface area (Å²) in [6.07, 6.45) is 2.33. The minimum atomic E-state index is 0.170. The molecule has 0 saturated carbocycles. The molecule has 2 heteroatoms. The number of hydrogen-bond acceptors (Lipinski definition) is 1. The Morgan fingerprint density at radius 2 is 1.94 bits per heavy atom. The van der Waals surface area contributed by atoms with Crippen LogP contribution in [0.4, 0.5) is 0 Å². The highest BCUT2D eigenvalue weighted by Gasteiger charge is 2.13. The Morgan fingerprint density at radius 3 is 2.53 bits per heavy atom. The zero-order valence-corrected chi connectivity index (χ0v) is 10.2. The molecule has 0 radical (unpaired) electrons. The van der Waals surface area contributed by atoms with Crippen LogP contribution in [-0.4, -0.2) is 10.8 Å². The molecule has 2 nitrogen and oxygen atoms in total. The van der Waals surface area contributed by atoms with E-state index in [1.807, 2.05) is 12.1 Å². The van der Waals surface area contributed by atoms with E-state index in [9.17, 15) is 4.79 Å². The molecule has 2 rings (SSSR count). The smallest absolute Gasteiger partial charge is 0.179 e. The van der Waals surface area contributed by atoms with E-state index >= 15 is 0 Å². The number of carbonyl (C=O) groups is 1. The highest BCUT2D eigenvalue weighted by Crippen LogP contribution is 2.21. The minimum Gasteiger partial charge on any atom is -0.359 e. The van der Waals surface area contributed by atoms with Gasteiger partial charge >= 0.3 is 0 Å². The molecule has 0 aliphatic heterocycles. The summed E-state index contributed by atoms with van der Waals surface area (Å²) >= 11 is 0. The predicted molar refractivity (Wildman–Crippen MR) is 69.3 cm³/mol. The first-order chi connectivity index (χ1) is 8.16. The van der Waals surface area contributed by atoms with Gasteiger partial charge in [0.25, 0.3) is 0 Å². The molecular formula is C15H17NO. The molecule has 17 heavy (non-hydrogen) atoms. The number of rotatable bonds is 4. The summed E-state index contributed by atoms with van der Waals surface area (Å²) in [6.45, 7) is 4.16. The highest BCUT2D eigenvalue weighted by atomic mass is 16.1. The van der Waals surface area contributed by atoms with Gasteiger partial charge in [0.2, 0.25) is 0 Å². The van der Waals surface area contributed by atoms with Crippen LogP contribution in [0.1, 0.15) is 40.9 Å². The number of H-pyrrole nitrogens is 1. The van der Waals surface area contributed by atoms with Gasteiger partial charge in [0.05, 0.1) is 5.69 Å². The number of hydrogen-bond donors (Lipinski definition) is 1. The van der Waals surface area contributed by atoms with Crippen molar-refractivity contribution in [3.05, 3.63) is 59.4 Å². The standard InChI is InChI=1S/C15H17NO/c1-11-5-7-13(8-6-11)12(2)10-15(17)14-4-3-9-16-14/h3-9,12,16H,10H2,1-2H3/t12-/m0/s1. The van der Waals surface area contributed by atoms with Gasteiger partial charge in [0, 0.05) is 12.6 Å². The molecule has 1 aromatic carbocycles. The molecular weight excluding hydrogens is 210 g/mol. The van der Waals surface area contributed by atoms with Gasteiger partial charge in [-0.05, 0) is 30.5 Å². The summed E-state index contributed by atoms with van der Waals surface area (Å²) in [6, 6.07) is 12.0. The quantitative estimate of drug-likeness (QED) is 0.794. The van der Waals surface area contributed by atoms with E-state index in [0.29, 0.717) is 12.1 Å². The van der Waals surface area contributed by atoms with Gasteiger partial charge in [-0.15, -0.1) is 0 Å². The maximum absolute atomic E-state index is 11.9. The number of benzene rings is 1. The number of ketones is 1. The summed E-state index contributed by atoms with van der Waals surface area (Å²) in [5.41, 5.74) is 3.16. The molecule has 88 valence electrons. The van der Waals surface area contributed by atoms with Gasteiger partial charge in [0.15, 0.2) is 5.78 Å². The first-order valence-electron chi connectivity index (χ1n) is 5.90. The van der Waals surface area contributed by atoms with E-state index in [-0.39, 0.29) is 11.7 Å². The lowest BCUT2D eigenvalue weighted by Crippen LogP contribution is -2.05. The van der Waals surface area contributed by atoms with Gasteiger partial charge in [-0.2, -0.15) is 0 Å². The zero-order chi connectivity index (χ0) is 12.3. The second-order valence-corrected chi connectivity index (χ2v) is 4.52. The molecule has 0 saturated heterocycles. The van der Waals surface area contributed by atoms with Gasteiger partial charge < -0.3 is 4.98 Å². The number of aromatic nitrogens is 1. The maximum Gasteiger partial charge on any atom is 0.179 e. The van der Waals surface area contributed by atoms with Crippen molar-refractivity contribution >= 4 is 5.78 Å². The first kappa shape index (κ1) is 11.6. The molecule has 0 fully saturated rings. The van der Waals surface area contributed by atoms with Gasteiger partial charge in [-0.25, -0.2) is 0 Å². The normalized spacial score (nSPS) is 12.4. The Labute approximate surface area is 102 Å². The van der Waals surface area contributed by atoms with E-state index in [1.54, 1.807) is 6.20 Å². The average molecular weight is 227 g/mol. The number of Topliss-reactive ketones (excluding diaryl/α,β-unsaturated/α-hetero) is 1. The molecule has 0 bridgehead atoms. The largest absolute Gasteiger partial charge is 0.359 e. The van der Waals surface area contributed by atoms with Crippen molar-refractivity contribution in [2.75, 3.05) is 0 Å². The predicted octanol–water partition coefficient (Wildman–Crippen LogP) is 3.70. The molecule has 0 amide bonds. The van der Waals surface area contributed by atoms with E-state index in [2.05, 4.69) is 43.1 Å². The van der Waals surface area contributed by atoms with Crippen LogP contribution in [0.15, 0.2) is 42.6 Å². The van der Waals surface area contributed by atoms with Crippen molar-refractivity contribution in [1.82, 2.24) is 4.98 Å². The lowest BCUT2D eigenvalue weighted by Gasteiger charge is -2.10. The number of nitrogens with one attached hydrogen (secondary N) is 1. The van der Waals surface area contributed by atoms with E-state index < -0.39 is 0 Å². The second-order valence-electron chi connectivity index (χ2n) is 4.52. The molecule has 1 N–H and O–H groups in total. The molecule has 0 aliphatic rings. The second kappa shape index (κ2) is 5.00. The van der Waals surface area contributed by atoms with Crippen LogP contribution >= 0.6 is 0 Å². The van der Waals surface area contributed by atoms with E-state index in [4.69, 9.17) is 0 Å². The maximum atomic E-state index is 11.9. The van der Waals surface area contributed by atoms with Gasteiger partial charge in [0.1, 0.15) is 0 Å². The molecule has 1 atom stereocenters. The lowest BCUT2D eigenvalue weighted by molar-refractivity contribution is 0.0971. The van der Waals surface area contributed by atoms with Crippen LogP contribution in [-0.2, 0) is 0 Å². The van der Waals surface area contributed by atoms with Crippen LogP contribution < -0.4 is 0 Å². The van der Waals surface area contributed by atoms with Crippen LogP contribution in [0.2, 0.25) is 0 Å². The third-order valence-electron chi connectivity index (χ3n) is 3.04. The molecule has 0 spiro atoms. The number of aromatic amines is 1. The highest BCUT2D eigenvalue weighted by molar-refractivity contribution is 5.94. The summed E-state index contributed by atoms with van der Waals surface area (Å²) in [7, 11) is 0. The molecule has 2 aromatic rings. The fourth-order valence-corrected chi connectivity index (χ4v) is 1.90. The Bertz CT molecular complexity index is 482. The third kappa shape index (κ3) is 2.84. The average Bonchev–Trinajstić information content (AvgIpc) is 2.83. The van der Waals surface area contributed by atoms with Crippen molar-refractivity contribution in [1.29, 1.82) is 0 Å². The summed E-state index contributed by atoms with van der Waals surface area (Å²) in [5.74, 6) is 0.425. The SMILES string of the molecule is Cc1ccc([C@@H](C)CC(=O)c2ccc[nH]2)cc1. The first-order valence-corrected chi connectivity index (χ1v) is 5.90. The van der Waals surface area contributed by atoms with Gasteiger partial charge in [-0.3, -0.25) is 4.79 Å². The lowest BCUT2D eigenvalue weighted by atomic mass is 9.94. The van der Waals surface area contributed by atoms with Crippen molar-refractivity contribution in [3.8, 4) is 0 Å². The monoisotopic (exact) mass is 227 g/mol. The minimum absolute atomic E-state index is 0.170. The van der Waals surface area contributed by atoms with E-state index in [1.165, 1.54) is 11.1 Å². The van der Waals surface area contributed by atoms with Crippen molar-refractivity contribution in [3.63, 3.8) is 0 Å². The Hall–Kier alpha value is -1.83. The Balaban J connectivity index is 2.04. The van der Waals surface area contributed by atoms with Crippen LogP contribution in [0.25, 0.3) is 0 Å². The number of aryl methyl sites for hydroxylation is 1. The third-order valence-corrected chi connectivity index (χ3v) is 3.04. The summed E-state index contributed by atoms with van der Waals surface area (Å²) in [4.78, 5) is 14.9. The van der Waals surface area contributed by atoms with Crippen molar-refractivity contribution in [2.24, 2.45) is 0 Å². The number of carbonyl (C=O) groups excluding carboxylic acids is 1. The Morgan fingerprint density at radius 1 is 1.24 bits per heavy atom. The zero-order valence-electron chi connectivity index (χ0n) is 10.2. The van der Waals surface area contributed by atoms with Gasteiger partial charge in [-0.1, -0.05) is 36.8 Å². The fraction of sp³-hybridized carbons (Fsp3) is 0.267. The molecule has 0 unspecified atom stereocenters. The fourth-order valence-electron chi connectivity index (χ4n) is 1.90. The Kier molecular flexibility index (Phi) is 3.43. The van der Waals surface area contributed by atoms with E-state index in [0.717, 1.165) is 0 Å². The topological polar surface area (TPSA) is 32.9 Å². The molecule has 1 heterocycles. The molecule has 1 aromatic heterocycles. The van der Waals surface area contributed by atoms with Crippen LogP contribution in [0.5, 0.6) is 0 Å².